The highest BCUT2D eigenvalue weighted by molar-refractivity contribution is 6.30. The van der Waals surface area contributed by atoms with Crippen LogP contribution in [0.5, 0.6) is 0 Å². The van der Waals surface area contributed by atoms with Crippen LogP contribution < -0.4 is 5.32 Å². The number of rotatable bonds is 9. The van der Waals surface area contributed by atoms with Gasteiger partial charge in [-0.25, -0.2) is 9.37 Å². The summed E-state index contributed by atoms with van der Waals surface area (Å²) in [6, 6.07) is 13.3. The summed E-state index contributed by atoms with van der Waals surface area (Å²) in [5, 5.41) is 3.39. The zero-order valence-corrected chi connectivity index (χ0v) is 18.9. The summed E-state index contributed by atoms with van der Waals surface area (Å²) >= 11 is 6.03. The Morgan fingerprint density at radius 2 is 1.82 bits per heavy atom. The van der Waals surface area contributed by atoms with E-state index in [1.54, 1.807) is 0 Å². The van der Waals surface area contributed by atoms with Gasteiger partial charge in [-0.3, -0.25) is 14.6 Å². The van der Waals surface area contributed by atoms with Crippen molar-refractivity contribution in [3.63, 3.8) is 0 Å². The van der Waals surface area contributed by atoms with Crippen LogP contribution in [0.4, 0.5) is 10.1 Å². The number of halogens is 2. The molecule has 1 aromatic heterocycles. The maximum atomic E-state index is 13.1. The quantitative estimate of drug-likeness (QED) is 0.506. The zero-order valence-electron chi connectivity index (χ0n) is 18.2. The van der Waals surface area contributed by atoms with E-state index in [2.05, 4.69) is 20.1 Å². The average Bonchev–Trinajstić information content (AvgIpc) is 3.30. The molecule has 0 unspecified atom stereocenters. The van der Waals surface area contributed by atoms with Gasteiger partial charge in [-0.1, -0.05) is 23.7 Å². The summed E-state index contributed by atoms with van der Waals surface area (Å²) < 4.78 is 24.1. The van der Waals surface area contributed by atoms with E-state index >= 15 is 0 Å². The summed E-state index contributed by atoms with van der Waals surface area (Å²) in [6.07, 6.45) is 1.34. The summed E-state index contributed by atoms with van der Waals surface area (Å²) in [6.45, 7) is 6.20. The van der Waals surface area contributed by atoms with Gasteiger partial charge in [-0.2, -0.15) is 0 Å². The molecule has 0 spiro atoms. The third-order valence-corrected chi connectivity index (χ3v) is 5.65. The number of anilines is 1. The molecule has 9 heteroatoms. The van der Waals surface area contributed by atoms with Crippen LogP contribution in [0, 0.1) is 5.82 Å². The van der Waals surface area contributed by atoms with Crippen molar-refractivity contribution >= 4 is 23.2 Å². The second-order valence-corrected chi connectivity index (χ2v) is 8.32. The van der Waals surface area contributed by atoms with E-state index in [4.69, 9.17) is 20.8 Å². The van der Waals surface area contributed by atoms with E-state index < -0.39 is 5.91 Å². The van der Waals surface area contributed by atoms with Crippen molar-refractivity contribution in [2.75, 3.05) is 44.7 Å². The van der Waals surface area contributed by atoms with Crippen LogP contribution in [0.1, 0.15) is 21.9 Å². The summed E-state index contributed by atoms with van der Waals surface area (Å²) in [5.41, 5.74) is 1.79. The Labute approximate surface area is 197 Å². The van der Waals surface area contributed by atoms with Crippen molar-refractivity contribution < 1.29 is 18.3 Å². The number of hydrogen-bond acceptors (Lipinski definition) is 6. The summed E-state index contributed by atoms with van der Waals surface area (Å²) in [4.78, 5) is 21.4. The summed E-state index contributed by atoms with van der Waals surface area (Å²) in [5.74, 6) is -0.320. The van der Waals surface area contributed by atoms with Crippen molar-refractivity contribution in [3.8, 4) is 0 Å². The van der Waals surface area contributed by atoms with Gasteiger partial charge < -0.3 is 14.5 Å². The molecular formula is C24H26ClFN4O3. The molecule has 0 radical (unpaired) electrons. The molecule has 2 aromatic carbocycles. The Balaban J connectivity index is 1.39. The van der Waals surface area contributed by atoms with Crippen LogP contribution in [-0.4, -0.2) is 60.1 Å². The van der Waals surface area contributed by atoms with Crippen LogP contribution >= 0.6 is 11.6 Å². The molecule has 0 aliphatic carbocycles. The van der Waals surface area contributed by atoms with Crippen LogP contribution in [0.2, 0.25) is 5.02 Å². The van der Waals surface area contributed by atoms with Gasteiger partial charge >= 0.3 is 0 Å². The number of oxazole rings is 1. The van der Waals surface area contributed by atoms with E-state index in [0.29, 0.717) is 29.7 Å². The Morgan fingerprint density at radius 3 is 2.55 bits per heavy atom. The average molecular weight is 473 g/mol. The first kappa shape index (κ1) is 23.4. The van der Waals surface area contributed by atoms with E-state index in [-0.39, 0.29) is 11.5 Å². The molecule has 3 aromatic rings. The number of ether oxygens (including phenoxy) is 1. The number of nitrogens with one attached hydrogen (secondary N) is 1. The third-order valence-electron chi connectivity index (χ3n) is 5.40. The number of carbonyl (C=O) groups is 1. The summed E-state index contributed by atoms with van der Waals surface area (Å²) in [7, 11) is 0. The number of morpholine rings is 1. The molecule has 7 nitrogen and oxygen atoms in total. The molecule has 33 heavy (non-hydrogen) atoms. The minimum Gasteiger partial charge on any atom is -0.447 e. The molecular weight excluding hydrogens is 447 g/mol. The fraction of sp³-hybridized carbons (Fsp3) is 0.333. The zero-order chi connectivity index (χ0) is 23.0. The molecule has 1 amide bonds. The first-order valence-corrected chi connectivity index (χ1v) is 11.2. The monoisotopic (exact) mass is 472 g/mol. The predicted octanol–water partition coefficient (Wildman–Crippen LogP) is 4.05. The number of amides is 1. The Kier molecular flexibility index (Phi) is 8.06. The maximum absolute atomic E-state index is 13.1. The van der Waals surface area contributed by atoms with Crippen molar-refractivity contribution in [1.82, 2.24) is 14.8 Å². The van der Waals surface area contributed by atoms with Gasteiger partial charge in [0, 0.05) is 43.4 Å². The van der Waals surface area contributed by atoms with Gasteiger partial charge in [0.25, 0.3) is 5.91 Å². The van der Waals surface area contributed by atoms with E-state index in [9.17, 15) is 9.18 Å². The normalized spacial score (nSPS) is 14.5. The lowest BCUT2D eigenvalue weighted by Crippen LogP contribution is -2.41. The van der Waals surface area contributed by atoms with Crippen LogP contribution in [0.3, 0.4) is 0 Å². The maximum Gasteiger partial charge on any atom is 0.277 e. The SMILES string of the molecule is O=C(Nc1ccc(F)cc1)c1coc(CN(CCN2CCOCC2)Cc2ccc(Cl)cc2)n1. The molecule has 1 aliphatic heterocycles. The number of carbonyl (C=O) groups excluding carboxylic acids is 1. The highest BCUT2D eigenvalue weighted by atomic mass is 35.5. The number of aromatic nitrogens is 1. The second kappa shape index (κ2) is 11.4. The lowest BCUT2D eigenvalue weighted by Gasteiger charge is -2.29. The molecule has 1 aliphatic rings. The molecule has 0 saturated carbocycles. The lowest BCUT2D eigenvalue weighted by molar-refractivity contribution is 0.0320. The standard InChI is InChI=1S/C24H26ClFN4O3/c25-19-3-1-18(2-4-19)15-30(10-9-29-11-13-32-14-12-29)16-23-28-22(17-33-23)24(31)27-21-7-5-20(26)6-8-21/h1-8,17H,9-16H2,(H,27,31). The predicted molar refractivity (Wildman–Crippen MR) is 124 cm³/mol. The van der Waals surface area contributed by atoms with Crippen LogP contribution in [0.15, 0.2) is 59.2 Å². The van der Waals surface area contributed by atoms with Gasteiger partial charge in [-0.05, 0) is 42.0 Å². The molecule has 1 fully saturated rings. The topological polar surface area (TPSA) is 70.8 Å². The highest BCUT2D eigenvalue weighted by Gasteiger charge is 2.17. The van der Waals surface area contributed by atoms with Crippen molar-refractivity contribution in [3.05, 3.63) is 82.8 Å². The molecule has 1 saturated heterocycles. The Morgan fingerprint density at radius 1 is 1.09 bits per heavy atom. The molecule has 4 rings (SSSR count). The van der Waals surface area contributed by atoms with Crippen LogP contribution in [-0.2, 0) is 17.8 Å². The van der Waals surface area contributed by atoms with Crippen LogP contribution in [0.25, 0.3) is 0 Å². The number of nitrogens with zero attached hydrogens (tertiary/aromatic N) is 3. The fourth-order valence-electron chi connectivity index (χ4n) is 3.58. The lowest BCUT2D eigenvalue weighted by atomic mass is 10.2. The molecule has 1 N–H and O–H groups in total. The fourth-order valence-corrected chi connectivity index (χ4v) is 3.70. The third kappa shape index (κ3) is 7.10. The number of hydrogen-bond donors (Lipinski definition) is 1. The molecule has 0 bridgehead atoms. The second-order valence-electron chi connectivity index (χ2n) is 7.88. The molecule has 2 heterocycles. The van der Waals surface area contributed by atoms with Gasteiger partial charge in [0.2, 0.25) is 5.89 Å². The van der Waals surface area contributed by atoms with E-state index in [1.165, 1.54) is 30.5 Å². The minimum absolute atomic E-state index is 0.175. The first-order chi connectivity index (χ1) is 16.0. The van der Waals surface area contributed by atoms with E-state index in [1.807, 2.05) is 24.3 Å². The van der Waals surface area contributed by atoms with E-state index in [0.717, 1.165) is 45.0 Å². The van der Waals surface area contributed by atoms with Crippen molar-refractivity contribution in [2.45, 2.75) is 13.1 Å². The minimum atomic E-state index is -0.408. The molecule has 174 valence electrons. The Bertz CT molecular complexity index is 1040. The smallest absolute Gasteiger partial charge is 0.277 e. The Hall–Kier alpha value is -2.78. The van der Waals surface area contributed by atoms with Crippen molar-refractivity contribution in [2.24, 2.45) is 0 Å². The number of benzene rings is 2. The largest absolute Gasteiger partial charge is 0.447 e. The molecule has 0 atom stereocenters. The first-order valence-electron chi connectivity index (χ1n) is 10.8. The highest BCUT2D eigenvalue weighted by Crippen LogP contribution is 2.15. The van der Waals surface area contributed by atoms with Crippen molar-refractivity contribution in [1.29, 1.82) is 0 Å². The van der Waals surface area contributed by atoms with Gasteiger partial charge in [-0.15, -0.1) is 0 Å². The van der Waals surface area contributed by atoms with Gasteiger partial charge in [0.05, 0.1) is 19.8 Å². The van der Waals surface area contributed by atoms with Gasteiger partial charge in [0.1, 0.15) is 12.1 Å². The van der Waals surface area contributed by atoms with Gasteiger partial charge in [0.15, 0.2) is 5.69 Å².